The lowest BCUT2D eigenvalue weighted by Gasteiger charge is -2.36. The average Bonchev–Trinajstić information content (AvgIpc) is 2.60. The zero-order valence-corrected chi connectivity index (χ0v) is 11.5. The van der Waals surface area contributed by atoms with Crippen LogP contribution in [0.1, 0.15) is 34.2 Å². The summed E-state index contributed by atoms with van der Waals surface area (Å²) in [7, 11) is 0. The van der Waals surface area contributed by atoms with E-state index in [0.717, 1.165) is 15.6 Å². The van der Waals surface area contributed by atoms with E-state index in [1.165, 1.54) is 11.3 Å². The molecule has 94 valence electrons. The fourth-order valence-corrected chi connectivity index (χ4v) is 2.92. The Labute approximate surface area is 106 Å². The molecule has 0 aliphatic carbocycles. The lowest BCUT2D eigenvalue weighted by atomic mass is 10.2. The molecular weight excluding hydrogens is 236 g/mol. The Balaban J connectivity index is 2.21. The number of morpholine rings is 1. The second-order valence-corrected chi connectivity index (χ2v) is 5.80. The van der Waals surface area contributed by atoms with Gasteiger partial charge in [0.2, 0.25) is 0 Å². The van der Waals surface area contributed by atoms with Gasteiger partial charge in [0.05, 0.1) is 29.5 Å². The maximum atomic E-state index is 12.4. The minimum atomic E-state index is 0.0933. The molecule has 1 fully saturated rings. The number of ether oxygens (including phenoxy) is 1. The average molecular weight is 254 g/mol. The van der Waals surface area contributed by atoms with Crippen LogP contribution in [0.15, 0.2) is 0 Å². The third-order valence-electron chi connectivity index (χ3n) is 2.97. The zero-order valence-electron chi connectivity index (χ0n) is 10.7. The molecule has 4 nitrogen and oxygen atoms in total. The molecule has 1 aliphatic heterocycles. The Morgan fingerprint density at radius 3 is 2.76 bits per heavy atom. The number of thiazole rings is 1. The molecule has 0 spiro atoms. The van der Waals surface area contributed by atoms with E-state index in [2.05, 4.69) is 4.98 Å². The van der Waals surface area contributed by atoms with Crippen molar-refractivity contribution in [1.29, 1.82) is 0 Å². The monoisotopic (exact) mass is 254 g/mol. The quantitative estimate of drug-likeness (QED) is 0.770. The first-order valence-electron chi connectivity index (χ1n) is 5.85. The predicted octanol–water partition coefficient (Wildman–Crippen LogP) is 2.01. The van der Waals surface area contributed by atoms with Crippen LogP contribution in [0.5, 0.6) is 0 Å². The van der Waals surface area contributed by atoms with Crippen LogP contribution in [0.25, 0.3) is 0 Å². The number of aromatic nitrogens is 1. The standard InChI is InChI=1S/C12H18N2O2S/c1-7-6-16-8(2)5-14(7)12(15)11-9(3)13-10(4)17-11/h7-8H,5-6H2,1-4H3/t7-,8+/m1/s1. The van der Waals surface area contributed by atoms with Gasteiger partial charge in [0.15, 0.2) is 0 Å². The molecule has 0 radical (unpaired) electrons. The van der Waals surface area contributed by atoms with Crippen LogP contribution in [-0.2, 0) is 4.74 Å². The number of rotatable bonds is 1. The highest BCUT2D eigenvalue weighted by Crippen LogP contribution is 2.22. The zero-order chi connectivity index (χ0) is 12.6. The smallest absolute Gasteiger partial charge is 0.266 e. The van der Waals surface area contributed by atoms with Gasteiger partial charge < -0.3 is 9.64 Å². The minimum absolute atomic E-state index is 0.0933. The van der Waals surface area contributed by atoms with Crippen LogP contribution in [0.2, 0.25) is 0 Å². The minimum Gasteiger partial charge on any atom is -0.375 e. The molecule has 1 aromatic heterocycles. The van der Waals surface area contributed by atoms with Gasteiger partial charge in [-0.25, -0.2) is 4.98 Å². The van der Waals surface area contributed by atoms with Crippen LogP contribution in [0.4, 0.5) is 0 Å². The van der Waals surface area contributed by atoms with E-state index in [-0.39, 0.29) is 18.1 Å². The highest BCUT2D eigenvalue weighted by atomic mass is 32.1. The van der Waals surface area contributed by atoms with Crippen molar-refractivity contribution < 1.29 is 9.53 Å². The first-order chi connectivity index (χ1) is 7.99. The normalized spacial score (nSPS) is 25.1. The summed E-state index contributed by atoms with van der Waals surface area (Å²) >= 11 is 1.48. The Bertz CT molecular complexity index is 430. The molecule has 0 N–H and O–H groups in total. The number of carbonyl (C=O) groups is 1. The largest absolute Gasteiger partial charge is 0.375 e. The van der Waals surface area contributed by atoms with Crippen molar-refractivity contribution in [2.75, 3.05) is 13.2 Å². The fraction of sp³-hybridized carbons (Fsp3) is 0.667. The molecular formula is C12H18N2O2S. The third-order valence-corrected chi connectivity index (χ3v) is 4.03. The molecule has 2 rings (SSSR count). The highest BCUT2D eigenvalue weighted by Gasteiger charge is 2.30. The molecule has 1 saturated heterocycles. The topological polar surface area (TPSA) is 42.4 Å². The number of nitrogens with zero attached hydrogens (tertiary/aromatic N) is 2. The molecule has 0 saturated carbocycles. The van der Waals surface area contributed by atoms with Gasteiger partial charge in [-0.15, -0.1) is 11.3 Å². The Morgan fingerprint density at radius 1 is 1.47 bits per heavy atom. The number of aryl methyl sites for hydroxylation is 2. The third kappa shape index (κ3) is 2.50. The summed E-state index contributed by atoms with van der Waals surface area (Å²) in [5.41, 5.74) is 0.837. The van der Waals surface area contributed by atoms with Crippen molar-refractivity contribution in [1.82, 2.24) is 9.88 Å². The predicted molar refractivity (Wildman–Crippen MR) is 67.5 cm³/mol. The first-order valence-corrected chi connectivity index (χ1v) is 6.67. The maximum absolute atomic E-state index is 12.4. The number of amides is 1. The Morgan fingerprint density at radius 2 is 2.18 bits per heavy atom. The fourth-order valence-electron chi connectivity index (χ4n) is 2.05. The van der Waals surface area contributed by atoms with E-state index in [0.29, 0.717) is 13.2 Å². The van der Waals surface area contributed by atoms with E-state index < -0.39 is 0 Å². The van der Waals surface area contributed by atoms with Gasteiger partial charge in [0, 0.05) is 6.54 Å². The second kappa shape index (κ2) is 4.74. The van der Waals surface area contributed by atoms with Crippen molar-refractivity contribution in [3.63, 3.8) is 0 Å². The summed E-state index contributed by atoms with van der Waals surface area (Å²) in [6.45, 7) is 9.12. The molecule has 5 heteroatoms. The SMILES string of the molecule is Cc1nc(C)c(C(=O)N2C[C@H](C)OC[C@H]2C)s1. The lowest BCUT2D eigenvalue weighted by Crippen LogP contribution is -2.50. The van der Waals surface area contributed by atoms with Crippen molar-refractivity contribution >= 4 is 17.2 Å². The van der Waals surface area contributed by atoms with Crippen molar-refractivity contribution in [2.24, 2.45) is 0 Å². The Hall–Kier alpha value is -0.940. The van der Waals surface area contributed by atoms with Gasteiger partial charge in [-0.05, 0) is 27.7 Å². The number of hydrogen-bond acceptors (Lipinski definition) is 4. The van der Waals surface area contributed by atoms with Crippen molar-refractivity contribution in [3.05, 3.63) is 15.6 Å². The molecule has 17 heavy (non-hydrogen) atoms. The maximum Gasteiger partial charge on any atom is 0.266 e. The van der Waals surface area contributed by atoms with Crippen molar-refractivity contribution in [3.8, 4) is 0 Å². The van der Waals surface area contributed by atoms with Gasteiger partial charge in [-0.3, -0.25) is 4.79 Å². The summed E-state index contributed by atoms with van der Waals surface area (Å²) in [5, 5.41) is 0.944. The van der Waals surface area contributed by atoms with E-state index in [9.17, 15) is 4.79 Å². The van der Waals surface area contributed by atoms with Crippen molar-refractivity contribution in [2.45, 2.75) is 39.8 Å². The van der Waals surface area contributed by atoms with Gasteiger partial charge in [-0.2, -0.15) is 0 Å². The van der Waals surface area contributed by atoms with Crippen LogP contribution < -0.4 is 0 Å². The van der Waals surface area contributed by atoms with Crippen LogP contribution in [0.3, 0.4) is 0 Å². The van der Waals surface area contributed by atoms with Gasteiger partial charge >= 0.3 is 0 Å². The molecule has 2 heterocycles. The van der Waals surface area contributed by atoms with E-state index >= 15 is 0 Å². The van der Waals surface area contributed by atoms with E-state index in [1.807, 2.05) is 32.6 Å². The summed E-state index contributed by atoms with van der Waals surface area (Å²) in [4.78, 5) is 19.4. The molecule has 1 aromatic rings. The van der Waals surface area contributed by atoms with Crippen LogP contribution in [0, 0.1) is 13.8 Å². The molecule has 0 unspecified atom stereocenters. The van der Waals surface area contributed by atoms with Crippen LogP contribution in [-0.4, -0.2) is 41.1 Å². The second-order valence-electron chi connectivity index (χ2n) is 4.60. The molecule has 0 bridgehead atoms. The van der Waals surface area contributed by atoms with Gasteiger partial charge in [0.25, 0.3) is 5.91 Å². The number of hydrogen-bond donors (Lipinski definition) is 0. The number of carbonyl (C=O) groups excluding carboxylic acids is 1. The van der Waals surface area contributed by atoms with Crippen LogP contribution >= 0.6 is 11.3 Å². The summed E-state index contributed by atoms with van der Waals surface area (Å²) < 4.78 is 5.54. The van der Waals surface area contributed by atoms with Gasteiger partial charge in [-0.1, -0.05) is 0 Å². The van der Waals surface area contributed by atoms with E-state index in [4.69, 9.17) is 4.74 Å². The molecule has 0 aromatic carbocycles. The van der Waals surface area contributed by atoms with Gasteiger partial charge in [0.1, 0.15) is 4.88 Å². The molecule has 1 amide bonds. The first kappa shape index (κ1) is 12.5. The highest BCUT2D eigenvalue weighted by molar-refractivity contribution is 7.13. The Kier molecular flexibility index (Phi) is 3.49. The molecule has 1 aliphatic rings. The summed E-state index contributed by atoms with van der Waals surface area (Å²) in [6.07, 6.45) is 0.115. The lowest BCUT2D eigenvalue weighted by molar-refractivity contribution is -0.0385. The van der Waals surface area contributed by atoms with E-state index in [1.54, 1.807) is 0 Å². The summed E-state index contributed by atoms with van der Waals surface area (Å²) in [6, 6.07) is 0.139. The summed E-state index contributed by atoms with van der Waals surface area (Å²) in [5.74, 6) is 0.0933. The molecule has 2 atom stereocenters.